The second-order valence-corrected chi connectivity index (χ2v) is 5.99. The van der Waals surface area contributed by atoms with E-state index in [1.807, 2.05) is 11.8 Å². The van der Waals surface area contributed by atoms with E-state index in [0.717, 1.165) is 25.6 Å². The fourth-order valence-electron chi connectivity index (χ4n) is 3.20. The number of fused-ring (bicyclic) bond motifs is 1. The summed E-state index contributed by atoms with van der Waals surface area (Å²) in [6.07, 6.45) is 2.55. The highest BCUT2D eigenvalue weighted by molar-refractivity contribution is 5.85. The van der Waals surface area contributed by atoms with E-state index in [1.54, 1.807) is 4.90 Å². The molecule has 0 aromatic carbocycles. The van der Waals surface area contributed by atoms with Crippen molar-refractivity contribution in [3.63, 3.8) is 0 Å². The zero-order chi connectivity index (χ0) is 13.4. The first kappa shape index (κ1) is 12.9. The third-order valence-corrected chi connectivity index (χ3v) is 4.48. The lowest BCUT2D eigenvalue weighted by molar-refractivity contribution is -0.136. The zero-order valence-corrected chi connectivity index (χ0v) is 11.5. The van der Waals surface area contributed by atoms with Crippen LogP contribution in [0.5, 0.6) is 0 Å². The molecule has 2 atom stereocenters. The minimum atomic E-state index is 0.0257. The van der Waals surface area contributed by atoms with E-state index < -0.39 is 0 Å². The number of nitrogens with zero attached hydrogens (tertiary/aromatic N) is 2. The molecule has 3 aliphatic rings. The van der Waals surface area contributed by atoms with Gasteiger partial charge in [-0.15, -0.1) is 0 Å². The predicted octanol–water partition coefficient (Wildman–Crippen LogP) is 0.350. The van der Waals surface area contributed by atoms with Crippen molar-refractivity contribution in [3.05, 3.63) is 0 Å². The molecule has 1 aliphatic carbocycles. The van der Waals surface area contributed by atoms with Crippen LogP contribution in [0.3, 0.4) is 0 Å². The van der Waals surface area contributed by atoms with Crippen LogP contribution in [0.1, 0.15) is 19.8 Å². The van der Waals surface area contributed by atoms with Crippen LogP contribution in [0, 0.1) is 17.8 Å². The van der Waals surface area contributed by atoms with Gasteiger partial charge in [0.2, 0.25) is 11.8 Å². The van der Waals surface area contributed by atoms with Crippen LogP contribution in [0.2, 0.25) is 0 Å². The van der Waals surface area contributed by atoms with Crippen LogP contribution >= 0.6 is 0 Å². The first-order valence-corrected chi connectivity index (χ1v) is 7.33. The highest BCUT2D eigenvalue weighted by Gasteiger charge is 2.48. The van der Waals surface area contributed by atoms with Gasteiger partial charge in [0.05, 0.1) is 5.92 Å². The largest absolute Gasteiger partial charge is 0.372 e. The third kappa shape index (κ3) is 2.61. The van der Waals surface area contributed by atoms with Crippen molar-refractivity contribution >= 4 is 11.8 Å². The molecule has 106 valence electrons. The zero-order valence-electron chi connectivity index (χ0n) is 11.5. The molecule has 2 saturated heterocycles. The molecular formula is C14H22N2O3. The van der Waals surface area contributed by atoms with Crippen LogP contribution in [-0.2, 0) is 14.3 Å². The van der Waals surface area contributed by atoms with Gasteiger partial charge < -0.3 is 14.5 Å². The summed E-state index contributed by atoms with van der Waals surface area (Å²) in [7, 11) is 0. The average Bonchev–Trinajstić information content (AvgIpc) is 3.04. The Morgan fingerprint density at radius 1 is 1.32 bits per heavy atom. The lowest BCUT2D eigenvalue weighted by Gasteiger charge is -2.21. The van der Waals surface area contributed by atoms with Crippen molar-refractivity contribution in [1.29, 1.82) is 0 Å². The molecule has 0 aromatic heterocycles. The summed E-state index contributed by atoms with van der Waals surface area (Å²) in [6, 6.07) is 0. The van der Waals surface area contributed by atoms with E-state index in [1.165, 1.54) is 12.8 Å². The van der Waals surface area contributed by atoms with E-state index in [2.05, 4.69) is 0 Å². The number of carbonyl (C=O) groups excluding carboxylic acids is 2. The summed E-state index contributed by atoms with van der Waals surface area (Å²) in [5, 5.41) is 0. The topological polar surface area (TPSA) is 49.9 Å². The lowest BCUT2D eigenvalue weighted by Crippen LogP contribution is -2.37. The molecule has 0 unspecified atom stereocenters. The summed E-state index contributed by atoms with van der Waals surface area (Å²) in [6.45, 7) is 5.69. The van der Waals surface area contributed by atoms with Crippen LogP contribution in [0.15, 0.2) is 0 Å². The van der Waals surface area contributed by atoms with Crippen LogP contribution < -0.4 is 0 Å². The average molecular weight is 266 g/mol. The molecule has 0 N–H and O–H groups in total. The maximum Gasteiger partial charge on any atom is 0.248 e. The molecule has 3 rings (SSSR count). The molecule has 2 heterocycles. The second-order valence-electron chi connectivity index (χ2n) is 5.99. The first-order chi connectivity index (χ1) is 9.19. The van der Waals surface area contributed by atoms with Crippen LogP contribution in [-0.4, -0.2) is 61.0 Å². The summed E-state index contributed by atoms with van der Waals surface area (Å²) in [5.41, 5.74) is 0. The Morgan fingerprint density at radius 3 is 2.74 bits per heavy atom. The Kier molecular flexibility index (Phi) is 3.48. The highest BCUT2D eigenvalue weighted by Crippen LogP contribution is 2.36. The van der Waals surface area contributed by atoms with Gasteiger partial charge in [0.25, 0.3) is 0 Å². The van der Waals surface area contributed by atoms with Gasteiger partial charge in [-0.2, -0.15) is 0 Å². The molecule has 5 nitrogen and oxygen atoms in total. The van der Waals surface area contributed by atoms with Crippen molar-refractivity contribution in [2.45, 2.75) is 19.8 Å². The van der Waals surface area contributed by atoms with Crippen molar-refractivity contribution in [2.24, 2.45) is 17.8 Å². The van der Waals surface area contributed by atoms with E-state index in [4.69, 9.17) is 4.74 Å². The van der Waals surface area contributed by atoms with E-state index >= 15 is 0 Å². The van der Waals surface area contributed by atoms with Gasteiger partial charge in [0.1, 0.15) is 6.61 Å². The number of carbonyl (C=O) groups is 2. The molecule has 0 spiro atoms. The number of amides is 2. The Hall–Kier alpha value is -1.10. The summed E-state index contributed by atoms with van der Waals surface area (Å²) in [5.74, 6) is 1.43. The van der Waals surface area contributed by atoms with E-state index in [9.17, 15) is 9.59 Å². The van der Waals surface area contributed by atoms with E-state index in [-0.39, 0.29) is 24.3 Å². The lowest BCUT2D eigenvalue weighted by atomic mass is 10.0. The number of ether oxygens (including phenoxy) is 1. The smallest absolute Gasteiger partial charge is 0.248 e. The molecule has 19 heavy (non-hydrogen) atoms. The van der Waals surface area contributed by atoms with Gasteiger partial charge in [-0.25, -0.2) is 0 Å². The first-order valence-electron chi connectivity index (χ1n) is 7.33. The van der Waals surface area contributed by atoms with Crippen molar-refractivity contribution in [1.82, 2.24) is 9.80 Å². The SMILES string of the molecule is CCOCC(=O)N1C[C@@H]2CN(CC3CC3)C(=O)[C@@H]2C1. The molecule has 2 aliphatic heterocycles. The third-order valence-electron chi connectivity index (χ3n) is 4.48. The number of hydrogen-bond acceptors (Lipinski definition) is 3. The number of rotatable bonds is 5. The number of hydrogen-bond donors (Lipinski definition) is 0. The Labute approximate surface area is 113 Å². The molecule has 0 bridgehead atoms. The Bertz CT molecular complexity index is 381. The molecule has 2 amide bonds. The summed E-state index contributed by atoms with van der Waals surface area (Å²) in [4.78, 5) is 28.0. The molecule has 0 aromatic rings. The minimum absolute atomic E-state index is 0.0257. The molecule has 1 saturated carbocycles. The van der Waals surface area contributed by atoms with Gasteiger partial charge in [0.15, 0.2) is 0 Å². The number of likely N-dealkylation sites (tertiary alicyclic amines) is 2. The van der Waals surface area contributed by atoms with Crippen molar-refractivity contribution in [2.75, 3.05) is 39.4 Å². The quantitative estimate of drug-likeness (QED) is 0.721. The summed E-state index contributed by atoms with van der Waals surface area (Å²) < 4.78 is 5.15. The maximum atomic E-state index is 12.3. The molecule has 3 fully saturated rings. The fraction of sp³-hybridized carbons (Fsp3) is 0.857. The molecule has 5 heteroatoms. The standard InChI is InChI=1S/C14H22N2O3/c1-2-19-9-13(17)15-6-11-7-16(5-10-3-4-10)14(18)12(11)8-15/h10-12H,2-9H2,1H3/t11-,12-/m1/s1. The Morgan fingerprint density at radius 2 is 2.11 bits per heavy atom. The Balaban J connectivity index is 1.53. The normalized spacial score (nSPS) is 30.1. The van der Waals surface area contributed by atoms with Crippen LogP contribution in [0.4, 0.5) is 0 Å². The van der Waals surface area contributed by atoms with Crippen molar-refractivity contribution in [3.8, 4) is 0 Å². The summed E-state index contributed by atoms with van der Waals surface area (Å²) >= 11 is 0. The molecular weight excluding hydrogens is 244 g/mol. The van der Waals surface area contributed by atoms with E-state index in [0.29, 0.717) is 19.1 Å². The molecule has 0 radical (unpaired) electrons. The van der Waals surface area contributed by atoms with Gasteiger partial charge >= 0.3 is 0 Å². The highest BCUT2D eigenvalue weighted by atomic mass is 16.5. The van der Waals surface area contributed by atoms with Gasteiger partial charge in [-0.1, -0.05) is 0 Å². The fourth-order valence-corrected chi connectivity index (χ4v) is 3.20. The van der Waals surface area contributed by atoms with Gasteiger partial charge in [-0.3, -0.25) is 9.59 Å². The van der Waals surface area contributed by atoms with Gasteiger partial charge in [0, 0.05) is 38.7 Å². The maximum absolute atomic E-state index is 12.3. The minimum Gasteiger partial charge on any atom is -0.372 e. The predicted molar refractivity (Wildman–Crippen MR) is 69.4 cm³/mol. The van der Waals surface area contributed by atoms with Crippen molar-refractivity contribution < 1.29 is 14.3 Å². The van der Waals surface area contributed by atoms with Gasteiger partial charge in [-0.05, 0) is 25.7 Å². The second kappa shape index (κ2) is 5.12. The monoisotopic (exact) mass is 266 g/mol. The van der Waals surface area contributed by atoms with Crippen LogP contribution in [0.25, 0.3) is 0 Å².